The van der Waals surface area contributed by atoms with Gasteiger partial charge in [0, 0.05) is 24.0 Å². The fourth-order valence-corrected chi connectivity index (χ4v) is 4.31. The van der Waals surface area contributed by atoms with Crippen molar-refractivity contribution >= 4 is 11.5 Å². The van der Waals surface area contributed by atoms with E-state index in [0.717, 1.165) is 40.7 Å². The highest BCUT2D eigenvalue weighted by molar-refractivity contribution is 5.54. The van der Waals surface area contributed by atoms with Crippen LogP contribution in [0, 0.1) is 30.6 Å². The van der Waals surface area contributed by atoms with Gasteiger partial charge in [-0.2, -0.15) is 0 Å². The summed E-state index contributed by atoms with van der Waals surface area (Å²) in [7, 11) is 0. The van der Waals surface area contributed by atoms with Crippen molar-refractivity contribution in [1.82, 2.24) is 4.98 Å². The van der Waals surface area contributed by atoms with Crippen molar-refractivity contribution in [3.63, 3.8) is 0 Å². The van der Waals surface area contributed by atoms with Crippen LogP contribution in [0.3, 0.4) is 0 Å². The second-order valence-electron chi connectivity index (χ2n) is 6.08. The fourth-order valence-electron chi connectivity index (χ4n) is 4.31. The largest absolute Gasteiger partial charge is 0.398 e. The normalized spacial score (nSPS) is 41.4. The Hall–Kier alpha value is -1.25. The van der Waals surface area contributed by atoms with Crippen molar-refractivity contribution < 1.29 is 0 Å². The van der Waals surface area contributed by atoms with E-state index in [0.29, 0.717) is 6.04 Å². The van der Waals surface area contributed by atoms with Crippen molar-refractivity contribution in [2.45, 2.75) is 32.2 Å². The molecule has 4 atom stereocenters. The molecule has 90 valence electrons. The van der Waals surface area contributed by atoms with E-state index >= 15 is 0 Å². The number of pyridine rings is 1. The van der Waals surface area contributed by atoms with Gasteiger partial charge < -0.3 is 11.1 Å². The van der Waals surface area contributed by atoms with Crippen LogP contribution in [0.15, 0.2) is 12.3 Å². The van der Waals surface area contributed by atoms with Crippen molar-refractivity contribution in [2.24, 2.45) is 23.7 Å². The number of aromatic nitrogens is 1. The van der Waals surface area contributed by atoms with E-state index < -0.39 is 0 Å². The van der Waals surface area contributed by atoms with Crippen LogP contribution in [0.4, 0.5) is 11.5 Å². The summed E-state index contributed by atoms with van der Waals surface area (Å²) in [6.45, 7) is 2.00. The van der Waals surface area contributed by atoms with E-state index in [1.807, 2.05) is 19.2 Å². The Morgan fingerprint density at radius 2 is 2.00 bits per heavy atom. The molecule has 3 N–H and O–H groups in total. The molecule has 3 heteroatoms. The van der Waals surface area contributed by atoms with E-state index in [9.17, 15) is 0 Å². The third-order valence-electron chi connectivity index (χ3n) is 5.19. The summed E-state index contributed by atoms with van der Waals surface area (Å²) < 4.78 is 0. The highest BCUT2D eigenvalue weighted by atomic mass is 15.1. The zero-order chi connectivity index (χ0) is 11.6. The number of nitrogen functional groups attached to an aromatic ring is 1. The number of anilines is 2. The van der Waals surface area contributed by atoms with Gasteiger partial charge in [-0.05, 0) is 55.4 Å². The second-order valence-corrected chi connectivity index (χ2v) is 6.08. The molecule has 1 aromatic rings. The molecule has 3 fully saturated rings. The van der Waals surface area contributed by atoms with Gasteiger partial charge in [0.15, 0.2) is 0 Å². The minimum Gasteiger partial charge on any atom is -0.398 e. The Balaban J connectivity index is 1.51. The zero-order valence-electron chi connectivity index (χ0n) is 10.2. The molecule has 3 saturated carbocycles. The van der Waals surface area contributed by atoms with E-state index in [1.165, 1.54) is 19.3 Å². The Kier molecular flexibility index (Phi) is 1.81. The van der Waals surface area contributed by atoms with Gasteiger partial charge in [-0.15, -0.1) is 0 Å². The number of fused-ring (bicyclic) bond motifs is 5. The van der Waals surface area contributed by atoms with Gasteiger partial charge in [0.25, 0.3) is 0 Å². The number of nitrogens with one attached hydrogen (secondary N) is 1. The summed E-state index contributed by atoms with van der Waals surface area (Å²) in [5, 5.41) is 3.60. The first kappa shape index (κ1) is 9.75. The first-order chi connectivity index (χ1) is 8.24. The lowest BCUT2D eigenvalue weighted by atomic mass is 10.0. The smallest absolute Gasteiger partial charge is 0.128 e. The maximum atomic E-state index is 5.92. The van der Waals surface area contributed by atoms with Crippen molar-refractivity contribution in [3.05, 3.63) is 17.8 Å². The average molecular weight is 229 g/mol. The molecule has 0 aliphatic heterocycles. The molecule has 3 nitrogen and oxygen atoms in total. The molecule has 0 saturated heterocycles. The van der Waals surface area contributed by atoms with Gasteiger partial charge in [0.1, 0.15) is 5.82 Å². The Bertz CT molecular complexity index is 455. The van der Waals surface area contributed by atoms with Crippen LogP contribution in [0.5, 0.6) is 0 Å². The van der Waals surface area contributed by atoms with Gasteiger partial charge in [-0.3, -0.25) is 0 Å². The molecule has 0 spiro atoms. The van der Waals surface area contributed by atoms with Gasteiger partial charge in [0.05, 0.1) is 0 Å². The maximum Gasteiger partial charge on any atom is 0.128 e. The summed E-state index contributed by atoms with van der Waals surface area (Å²) in [5.74, 6) is 4.86. The molecular weight excluding hydrogens is 210 g/mol. The molecule has 17 heavy (non-hydrogen) atoms. The van der Waals surface area contributed by atoms with Crippen LogP contribution < -0.4 is 11.1 Å². The minimum atomic E-state index is 0.691. The molecule has 4 unspecified atom stereocenters. The molecule has 3 aliphatic carbocycles. The lowest BCUT2D eigenvalue weighted by molar-refractivity contribution is 0.456. The molecule has 3 aliphatic rings. The fraction of sp³-hybridized carbons (Fsp3) is 0.643. The summed E-state index contributed by atoms with van der Waals surface area (Å²) in [6, 6.07) is 2.67. The zero-order valence-corrected chi connectivity index (χ0v) is 10.2. The molecule has 0 aromatic carbocycles. The van der Waals surface area contributed by atoms with Crippen molar-refractivity contribution in [2.75, 3.05) is 11.1 Å². The SMILES string of the molecule is Cc1cnc(NC2C3C4CCC(C4)C23)cc1N. The quantitative estimate of drug-likeness (QED) is 0.819. The van der Waals surface area contributed by atoms with Gasteiger partial charge in [-0.25, -0.2) is 4.98 Å². The Morgan fingerprint density at radius 3 is 2.65 bits per heavy atom. The van der Waals surface area contributed by atoms with Crippen LogP contribution in [0.25, 0.3) is 0 Å². The molecule has 1 aromatic heterocycles. The summed E-state index contributed by atoms with van der Waals surface area (Å²) in [5.41, 5.74) is 7.82. The van der Waals surface area contributed by atoms with E-state index in [4.69, 9.17) is 5.73 Å². The third-order valence-corrected chi connectivity index (χ3v) is 5.19. The highest BCUT2D eigenvalue weighted by Gasteiger charge is 2.65. The van der Waals surface area contributed by atoms with E-state index in [-0.39, 0.29) is 0 Å². The Labute approximate surface area is 102 Å². The maximum absolute atomic E-state index is 5.92. The predicted molar refractivity (Wildman–Crippen MR) is 68.6 cm³/mol. The summed E-state index contributed by atoms with van der Waals surface area (Å²) in [4.78, 5) is 4.43. The second kappa shape index (κ2) is 3.15. The minimum absolute atomic E-state index is 0.691. The lowest BCUT2D eigenvalue weighted by Gasteiger charge is -2.11. The standard InChI is InChI=1S/C14H19N3/c1-7-6-16-11(5-10(7)15)17-14-12-8-2-3-9(4-8)13(12)14/h5-6,8-9,12-14H,2-4H2,1H3,(H3,15,16,17). The molecule has 0 amide bonds. The topological polar surface area (TPSA) is 50.9 Å². The van der Waals surface area contributed by atoms with Crippen molar-refractivity contribution in [3.8, 4) is 0 Å². The monoisotopic (exact) mass is 229 g/mol. The number of rotatable bonds is 2. The number of nitrogens with two attached hydrogens (primary N) is 1. The van der Waals surface area contributed by atoms with Gasteiger partial charge in [-0.1, -0.05) is 0 Å². The molecular formula is C14H19N3. The third kappa shape index (κ3) is 1.31. The van der Waals surface area contributed by atoms with Crippen LogP contribution >= 0.6 is 0 Å². The summed E-state index contributed by atoms with van der Waals surface area (Å²) in [6.07, 6.45) is 6.29. The lowest BCUT2D eigenvalue weighted by Crippen LogP contribution is -2.13. The van der Waals surface area contributed by atoms with E-state index in [1.54, 1.807) is 0 Å². The molecule has 1 heterocycles. The van der Waals surface area contributed by atoms with Gasteiger partial charge in [0.2, 0.25) is 0 Å². The average Bonchev–Trinajstić information content (AvgIpc) is 2.73. The number of nitrogens with zero attached hydrogens (tertiary/aromatic N) is 1. The number of aryl methyl sites for hydroxylation is 1. The van der Waals surface area contributed by atoms with Crippen LogP contribution in [-0.2, 0) is 0 Å². The highest BCUT2D eigenvalue weighted by Crippen LogP contribution is 2.66. The molecule has 2 bridgehead atoms. The van der Waals surface area contributed by atoms with Crippen LogP contribution in [-0.4, -0.2) is 11.0 Å². The summed E-state index contributed by atoms with van der Waals surface area (Å²) >= 11 is 0. The molecule has 0 radical (unpaired) electrons. The first-order valence-corrected chi connectivity index (χ1v) is 6.72. The number of hydrogen-bond donors (Lipinski definition) is 2. The predicted octanol–water partition coefficient (Wildman–Crippen LogP) is 2.43. The van der Waals surface area contributed by atoms with Gasteiger partial charge >= 0.3 is 0 Å². The van der Waals surface area contributed by atoms with Crippen LogP contribution in [0.2, 0.25) is 0 Å². The van der Waals surface area contributed by atoms with Crippen LogP contribution in [0.1, 0.15) is 24.8 Å². The first-order valence-electron chi connectivity index (χ1n) is 6.72. The molecule has 4 rings (SSSR count). The number of hydrogen-bond acceptors (Lipinski definition) is 3. The Morgan fingerprint density at radius 1 is 1.29 bits per heavy atom. The van der Waals surface area contributed by atoms with E-state index in [2.05, 4.69) is 10.3 Å². The van der Waals surface area contributed by atoms with Crippen molar-refractivity contribution in [1.29, 1.82) is 0 Å².